The maximum atomic E-state index is 10.9. The quantitative estimate of drug-likeness (QED) is 0.712. The number of hydrogen-bond donors (Lipinski definition) is 1. The van der Waals surface area contributed by atoms with Gasteiger partial charge in [-0.15, -0.1) is 0 Å². The van der Waals surface area contributed by atoms with Crippen molar-refractivity contribution in [3.63, 3.8) is 0 Å². The average Bonchev–Trinajstić information content (AvgIpc) is 2.57. The number of hydrogen-bond acceptors (Lipinski definition) is 1. The summed E-state index contributed by atoms with van der Waals surface area (Å²) < 4.78 is 0. The second kappa shape index (κ2) is 7.15. The van der Waals surface area contributed by atoms with E-state index in [9.17, 15) is 5.11 Å². The van der Waals surface area contributed by atoms with E-state index < -0.39 is 5.60 Å². The normalized spacial score (nSPS) is 27.3. The molecule has 1 nitrogen and oxygen atoms in total. The van der Waals surface area contributed by atoms with Crippen LogP contribution in [-0.4, -0.2) is 10.7 Å². The standard InChI is InChI=1S/C17H24Cl2O/c1-2-4-13-5-3-9-17(20,10-8-13)12-14-6-7-15(18)16(19)11-14/h6-7,11,13,20H,2-5,8-10,12H2,1H3. The number of benzene rings is 1. The summed E-state index contributed by atoms with van der Waals surface area (Å²) in [6, 6.07) is 5.68. The lowest BCUT2D eigenvalue weighted by Gasteiger charge is -2.27. The molecular formula is C17H24Cl2O. The third-order valence-electron chi connectivity index (χ3n) is 4.49. The first-order valence-corrected chi connectivity index (χ1v) is 8.44. The molecule has 3 heteroatoms. The topological polar surface area (TPSA) is 20.2 Å². The van der Waals surface area contributed by atoms with Gasteiger partial charge in [0.15, 0.2) is 0 Å². The fourth-order valence-corrected chi connectivity index (χ4v) is 3.69. The van der Waals surface area contributed by atoms with Gasteiger partial charge in [0, 0.05) is 6.42 Å². The highest BCUT2D eigenvalue weighted by Gasteiger charge is 2.30. The summed E-state index contributed by atoms with van der Waals surface area (Å²) in [5.41, 5.74) is 0.510. The Labute approximate surface area is 132 Å². The Morgan fingerprint density at radius 1 is 1.20 bits per heavy atom. The molecule has 0 spiro atoms. The summed E-state index contributed by atoms with van der Waals surface area (Å²) >= 11 is 12.0. The van der Waals surface area contributed by atoms with Gasteiger partial charge in [-0.25, -0.2) is 0 Å². The van der Waals surface area contributed by atoms with E-state index in [0.717, 1.165) is 37.2 Å². The maximum Gasteiger partial charge on any atom is 0.0688 e. The van der Waals surface area contributed by atoms with Crippen LogP contribution < -0.4 is 0 Å². The van der Waals surface area contributed by atoms with Crippen LogP contribution in [-0.2, 0) is 6.42 Å². The minimum Gasteiger partial charge on any atom is -0.390 e. The van der Waals surface area contributed by atoms with Gasteiger partial charge >= 0.3 is 0 Å². The lowest BCUT2D eigenvalue weighted by Crippen LogP contribution is -2.30. The third kappa shape index (κ3) is 4.38. The van der Waals surface area contributed by atoms with Crippen molar-refractivity contribution >= 4 is 23.2 Å². The van der Waals surface area contributed by atoms with E-state index in [-0.39, 0.29) is 0 Å². The zero-order valence-corrected chi connectivity index (χ0v) is 13.7. The predicted octanol–water partition coefficient (Wildman–Crippen LogP) is 5.65. The summed E-state index contributed by atoms with van der Waals surface area (Å²) in [7, 11) is 0. The zero-order chi connectivity index (χ0) is 14.6. The Kier molecular flexibility index (Phi) is 5.77. The first-order chi connectivity index (χ1) is 9.52. The molecule has 0 radical (unpaired) electrons. The van der Waals surface area contributed by atoms with Crippen LogP contribution in [0.1, 0.15) is 57.4 Å². The second-order valence-electron chi connectivity index (χ2n) is 6.24. The molecular weight excluding hydrogens is 291 g/mol. The van der Waals surface area contributed by atoms with Crippen LogP contribution in [0, 0.1) is 5.92 Å². The minimum absolute atomic E-state index is 0.570. The molecule has 2 unspecified atom stereocenters. The van der Waals surface area contributed by atoms with Crippen molar-refractivity contribution in [2.45, 2.75) is 63.9 Å². The SMILES string of the molecule is CCCC1CCCC(O)(Cc2ccc(Cl)c(Cl)c2)CC1. The maximum absolute atomic E-state index is 10.9. The van der Waals surface area contributed by atoms with Crippen molar-refractivity contribution in [2.24, 2.45) is 5.92 Å². The highest BCUT2D eigenvalue weighted by molar-refractivity contribution is 6.42. The van der Waals surface area contributed by atoms with Crippen molar-refractivity contribution < 1.29 is 5.11 Å². The monoisotopic (exact) mass is 314 g/mol. The molecule has 2 atom stereocenters. The summed E-state index contributed by atoms with van der Waals surface area (Å²) in [5.74, 6) is 0.794. The Balaban J connectivity index is 2.01. The molecule has 1 aliphatic carbocycles. The molecule has 0 aromatic heterocycles. The average molecular weight is 315 g/mol. The highest BCUT2D eigenvalue weighted by atomic mass is 35.5. The fourth-order valence-electron chi connectivity index (χ4n) is 3.37. The first-order valence-electron chi connectivity index (χ1n) is 7.69. The van der Waals surface area contributed by atoms with Gasteiger partial charge in [0.2, 0.25) is 0 Å². The molecule has 0 bridgehead atoms. The van der Waals surface area contributed by atoms with Crippen LogP contribution in [0.25, 0.3) is 0 Å². The highest BCUT2D eigenvalue weighted by Crippen LogP contribution is 2.35. The third-order valence-corrected chi connectivity index (χ3v) is 5.23. The van der Waals surface area contributed by atoms with Gasteiger partial charge < -0.3 is 5.11 Å². The predicted molar refractivity (Wildman–Crippen MR) is 86.6 cm³/mol. The van der Waals surface area contributed by atoms with E-state index in [1.807, 2.05) is 18.2 Å². The lowest BCUT2D eigenvalue weighted by molar-refractivity contribution is 0.0241. The van der Waals surface area contributed by atoms with Crippen LogP contribution in [0.5, 0.6) is 0 Å². The number of aliphatic hydroxyl groups is 1. The molecule has 0 aliphatic heterocycles. The van der Waals surface area contributed by atoms with E-state index in [0.29, 0.717) is 16.5 Å². The summed E-state index contributed by atoms with van der Waals surface area (Å²) in [4.78, 5) is 0. The Morgan fingerprint density at radius 2 is 2.00 bits per heavy atom. The smallest absolute Gasteiger partial charge is 0.0688 e. The lowest BCUT2D eigenvalue weighted by atomic mass is 9.87. The molecule has 0 amide bonds. The molecule has 1 fully saturated rings. The molecule has 1 N–H and O–H groups in total. The summed E-state index contributed by atoms with van der Waals surface area (Å²) in [6.07, 6.45) is 8.55. The summed E-state index contributed by atoms with van der Waals surface area (Å²) in [5, 5.41) is 12.0. The second-order valence-corrected chi connectivity index (χ2v) is 7.05. The van der Waals surface area contributed by atoms with Crippen LogP contribution in [0.4, 0.5) is 0 Å². The Bertz CT molecular complexity index is 447. The van der Waals surface area contributed by atoms with Crippen molar-refractivity contribution in [2.75, 3.05) is 0 Å². The van der Waals surface area contributed by atoms with Gasteiger partial charge in [0.05, 0.1) is 15.6 Å². The molecule has 1 aromatic carbocycles. The molecule has 0 saturated heterocycles. The van der Waals surface area contributed by atoms with E-state index in [4.69, 9.17) is 23.2 Å². The fraction of sp³-hybridized carbons (Fsp3) is 0.647. The van der Waals surface area contributed by atoms with Crippen LogP contribution in [0.15, 0.2) is 18.2 Å². The molecule has 0 heterocycles. The summed E-state index contributed by atoms with van der Waals surface area (Å²) in [6.45, 7) is 2.24. The van der Waals surface area contributed by atoms with Gasteiger partial charge in [0.1, 0.15) is 0 Å². The van der Waals surface area contributed by atoms with E-state index in [2.05, 4.69) is 6.92 Å². The number of rotatable bonds is 4. The Hall–Kier alpha value is -0.240. The molecule has 20 heavy (non-hydrogen) atoms. The minimum atomic E-state index is -0.570. The van der Waals surface area contributed by atoms with E-state index in [1.165, 1.54) is 19.3 Å². The molecule has 1 aliphatic rings. The van der Waals surface area contributed by atoms with E-state index in [1.54, 1.807) is 0 Å². The van der Waals surface area contributed by atoms with Crippen molar-refractivity contribution in [1.82, 2.24) is 0 Å². The van der Waals surface area contributed by atoms with Crippen molar-refractivity contribution in [1.29, 1.82) is 0 Å². The van der Waals surface area contributed by atoms with Gasteiger partial charge in [0.25, 0.3) is 0 Å². The van der Waals surface area contributed by atoms with Crippen LogP contribution in [0.3, 0.4) is 0 Å². The largest absolute Gasteiger partial charge is 0.390 e. The first kappa shape index (κ1) is 16.1. The van der Waals surface area contributed by atoms with E-state index >= 15 is 0 Å². The van der Waals surface area contributed by atoms with Gasteiger partial charge in [-0.1, -0.05) is 61.9 Å². The van der Waals surface area contributed by atoms with Crippen molar-refractivity contribution in [3.8, 4) is 0 Å². The number of halogens is 2. The van der Waals surface area contributed by atoms with Crippen molar-refractivity contribution in [3.05, 3.63) is 33.8 Å². The Morgan fingerprint density at radius 3 is 2.70 bits per heavy atom. The van der Waals surface area contributed by atoms with Gasteiger partial charge in [-0.05, 0) is 42.9 Å². The molecule has 112 valence electrons. The van der Waals surface area contributed by atoms with Gasteiger partial charge in [-0.2, -0.15) is 0 Å². The van der Waals surface area contributed by atoms with Crippen LogP contribution in [0.2, 0.25) is 10.0 Å². The van der Waals surface area contributed by atoms with Crippen LogP contribution >= 0.6 is 23.2 Å². The van der Waals surface area contributed by atoms with Gasteiger partial charge in [-0.3, -0.25) is 0 Å². The molecule has 1 saturated carbocycles. The molecule has 2 rings (SSSR count). The molecule has 1 aromatic rings. The zero-order valence-electron chi connectivity index (χ0n) is 12.2.